The summed E-state index contributed by atoms with van der Waals surface area (Å²) in [5, 5.41) is 3.25. The second kappa shape index (κ2) is 5.58. The van der Waals surface area contributed by atoms with Gasteiger partial charge in [-0.3, -0.25) is 4.72 Å². The van der Waals surface area contributed by atoms with E-state index in [2.05, 4.69) is 10.0 Å². The molecular formula is C12H18N2O3S. The Labute approximate surface area is 108 Å². The van der Waals surface area contributed by atoms with Crippen molar-refractivity contribution < 1.29 is 13.2 Å². The molecule has 1 aliphatic rings. The number of nitrogens with one attached hydrogen (secondary N) is 2. The van der Waals surface area contributed by atoms with Gasteiger partial charge in [0.25, 0.3) is 0 Å². The Kier molecular flexibility index (Phi) is 4.08. The predicted octanol–water partition coefficient (Wildman–Crippen LogP) is 1.43. The smallest absolute Gasteiger partial charge is 0.235 e. The minimum absolute atomic E-state index is 0.0346. The first-order chi connectivity index (χ1) is 8.62. The van der Waals surface area contributed by atoms with Crippen LogP contribution >= 0.6 is 0 Å². The largest absolute Gasteiger partial charge is 0.384 e. The van der Waals surface area contributed by atoms with E-state index in [1.807, 2.05) is 12.1 Å². The molecule has 0 fully saturated rings. The van der Waals surface area contributed by atoms with Gasteiger partial charge in [-0.25, -0.2) is 8.42 Å². The number of hydrogen-bond acceptors (Lipinski definition) is 4. The number of methoxy groups -OCH3 is 1. The number of anilines is 2. The van der Waals surface area contributed by atoms with Crippen LogP contribution in [-0.2, 0) is 21.2 Å². The number of benzene rings is 1. The number of sulfonamides is 1. The van der Waals surface area contributed by atoms with Crippen LogP contribution in [0.3, 0.4) is 0 Å². The lowest BCUT2D eigenvalue weighted by atomic mass is 10.0. The van der Waals surface area contributed by atoms with Crippen molar-refractivity contribution in [3.8, 4) is 0 Å². The zero-order valence-corrected chi connectivity index (χ0v) is 11.2. The summed E-state index contributed by atoms with van der Waals surface area (Å²) in [5.41, 5.74) is 2.70. The van der Waals surface area contributed by atoms with E-state index in [0.717, 1.165) is 30.6 Å². The predicted molar refractivity (Wildman–Crippen MR) is 72.5 cm³/mol. The van der Waals surface area contributed by atoms with Crippen LogP contribution in [0.4, 0.5) is 11.4 Å². The van der Waals surface area contributed by atoms with E-state index in [-0.39, 0.29) is 12.4 Å². The zero-order chi connectivity index (χ0) is 13.0. The molecule has 0 aliphatic carbocycles. The van der Waals surface area contributed by atoms with Gasteiger partial charge in [0.15, 0.2) is 0 Å². The Morgan fingerprint density at radius 1 is 1.44 bits per heavy atom. The summed E-state index contributed by atoms with van der Waals surface area (Å²) in [7, 11) is -1.86. The summed E-state index contributed by atoms with van der Waals surface area (Å²) >= 11 is 0. The molecule has 0 saturated heterocycles. The summed E-state index contributed by atoms with van der Waals surface area (Å²) in [4.78, 5) is 0. The molecule has 0 bridgehead atoms. The van der Waals surface area contributed by atoms with Crippen molar-refractivity contribution in [3.05, 3.63) is 23.8 Å². The molecule has 1 aromatic carbocycles. The molecule has 1 aromatic rings. The highest BCUT2D eigenvalue weighted by molar-refractivity contribution is 7.92. The lowest BCUT2D eigenvalue weighted by Crippen LogP contribution is -2.22. The van der Waals surface area contributed by atoms with Crippen LogP contribution in [0.2, 0.25) is 0 Å². The molecule has 18 heavy (non-hydrogen) atoms. The fraction of sp³-hybridized carbons (Fsp3) is 0.500. The molecule has 2 N–H and O–H groups in total. The standard InChI is InChI=1S/C12H18N2O3S/c1-17-8-9-18(15,16)14-11-6-2-4-10-5-3-7-13-12(10)11/h2,4,6,13-14H,3,5,7-9H2,1H3. The zero-order valence-electron chi connectivity index (χ0n) is 10.4. The topological polar surface area (TPSA) is 67.4 Å². The Morgan fingerprint density at radius 3 is 3.06 bits per heavy atom. The molecule has 0 atom stereocenters. The highest BCUT2D eigenvalue weighted by Gasteiger charge is 2.16. The second-order valence-electron chi connectivity index (χ2n) is 4.28. The quantitative estimate of drug-likeness (QED) is 0.849. The fourth-order valence-corrected chi connectivity index (χ4v) is 3.00. The molecule has 0 spiro atoms. The lowest BCUT2D eigenvalue weighted by Gasteiger charge is -2.21. The van der Waals surface area contributed by atoms with Gasteiger partial charge in [0, 0.05) is 13.7 Å². The van der Waals surface area contributed by atoms with Crippen LogP contribution in [0.25, 0.3) is 0 Å². The third kappa shape index (κ3) is 3.14. The van der Waals surface area contributed by atoms with Crippen molar-refractivity contribution in [2.75, 3.05) is 36.1 Å². The van der Waals surface area contributed by atoms with Crippen LogP contribution in [0, 0.1) is 0 Å². The van der Waals surface area contributed by atoms with E-state index in [0.29, 0.717) is 5.69 Å². The first-order valence-corrected chi connectivity index (χ1v) is 7.63. The summed E-state index contributed by atoms with van der Waals surface area (Å²) < 4.78 is 31.1. The first kappa shape index (κ1) is 13.2. The van der Waals surface area contributed by atoms with Crippen LogP contribution in [-0.4, -0.2) is 34.4 Å². The molecule has 5 nitrogen and oxygen atoms in total. The molecule has 1 aliphatic heterocycles. The SMILES string of the molecule is COCCS(=O)(=O)Nc1cccc2c1NCCC2. The molecule has 0 unspecified atom stereocenters. The van der Waals surface area contributed by atoms with Crippen molar-refractivity contribution in [3.63, 3.8) is 0 Å². The van der Waals surface area contributed by atoms with Crippen LogP contribution in [0.15, 0.2) is 18.2 Å². The molecule has 6 heteroatoms. The fourth-order valence-electron chi connectivity index (χ4n) is 2.01. The Hall–Kier alpha value is -1.27. The molecule has 0 amide bonds. The minimum Gasteiger partial charge on any atom is -0.384 e. The Bertz CT molecular complexity index is 514. The van der Waals surface area contributed by atoms with E-state index in [1.165, 1.54) is 7.11 Å². The number of rotatable bonds is 5. The van der Waals surface area contributed by atoms with Gasteiger partial charge in [-0.15, -0.1) is 0 Å². The van der Waals surface area contributed by atoms with Crippen LogP contribution in [0.1, 0.15) is 12.0 Å². The van der Waals surface area contributed by atoms with Gasteiger partial charge in [0.2, 0.25) is 10.0 Å². The molecule has 2 rings (SSSR count). The Morgan fingerprint density at radius 2 is 2.28 bits per heavy atom. The molecule has 0 radical (unpaired) electrons. The third-order valence-electron chi connectivity index (χ3n) is 2.90. The van der Waals surface area contributed by atoms with Gasteiger partial charge >= 0.3 is 0 Å². The first-order valence-electron chi connectivity index (χ1n) is 5.97. The second-order valence-corrected chi connectivity index (χ2v) is 6.13. The van der Waals surface area contributed by atoms with E-state index < -0.39 is 10.0 Å². The molecule has 1 heterocycles. The van der Waals surface area contributed by atoms with E-state index in [1.54, 1.807) is 6.07 Å². The summed E-state index contributed by atoms with van der Waals surface area (Å²) in [6, 6.07) is 5.68. The molecule has 0 aromatic heterocycles. The van der Waals surface area contributed by atoms with Crippen molar-refractivity contribution in [1.29, 1.82) is 0 Å². The van der Waals surface area contributed by atoms with Gasteiger partial charge in [-0.2, -0.15) is 0 Å². The number of ether oxygens (including phenoxy) is 1. The van der Waals surface area contributed by atoms with Gasteiger partial charge in [0.1, 0.15) is 0 Å². The summed E-state index contributed by atoms with van der Waals surface area (Å²) in [5.74, 6) is -0.0346. The molecule has 0 saturated carbocycles. The third-order valence-corrected chi connectivity index (χ3v) is 4.13. The van der Waals surface area contributed by atoms with Crippen LogP contribution in [0.5, 0.6) is 0 Å². The van der Waals surface area contributed by atoms with Gasteiger partial charge in [0.05, 0.1) is 23.7 Å². The number of fused-ring (bicyclic) bond motifs is 1. The average Bonchev–Trinajstić information content (AvgIpc) is 2.37. The maximum absolute atomic E-state index is 11.8. The number of hydrogen-bond donors (Lipinski definition) is 2. The highest BCUT2D eigenvalue weighted by atomic mass is 32.2. The van der Waals surface area contributed by atoms with Gasteiger partial charge in [-0.05, 0) is 24.5 Å². The number of aryl methyl sites for hydroxylation is 1. The van der Waals surface area contributed by atoms with Crippen molar-refractivity contribution in [2.45, 2.75) is 12.8 Å². The minimum atomic E-state index is -3.35. The average molecular weight is 270 g/mol. The van der Waals surface area contributed by atoms with Crippen LogP contribution < -0.4 is 10.0 Å². The molecule has 100 valence electrons. The molecular weight excluding hydrogens is 252 g/mol. The number of para-hydroxylation sites is 1. The lowest BCUT2D eigenvalue weighted by molar-refractivity contribution is 0.217. The normalized spacial score (nSPS) is 14.7. The maximum Gasteiger partial charge on any atom is 0.235 e. The van der Waals surface area contributed by atoms with Crippen molar-refractivity contribution >= 4 is 21.4 Å². The van der Waals surface area contributed by atoms with Crippen molar-refractivity contribution in [2.24, 2.45) is 0 Å². The van der Waals surface area contributed by atoms with Gasteiger partial charge < -0.3 is 10.1 Å². The van der Waals surface area contributed by atoms with E-state index in [9.17, 15) is 8.42 Å². The van der Waals surface area contributed by atoms with E-state index in [4.69, 9.17) is 4.74 Å². The van der Waals surface area contributed by atoms with Crippen molar-refractivity contribution in [1.82, 2.24) is 0 Å². The van der Waals surface area contributed by atoms with Gasteiger partial charge in [-0.1, -0.05) is 12.1 Å². The Balaban J connectivity index is 2.19. The maximum atomic E-state index is 11.8. The summed E-state index contributed by atoms with van der Waals surface area (Å²) in [6.07, 6.45) is 2.06. The van der Waals surface area contributed by atoms with E-state index >= 15 is 0 Å². The summed E-state index contributed by atoms with van der Waals surface area (Å²) in [6.45, 7) is 1.07. The highest BCUT2D eigenvalue weighted by Crippen LogP contribution is 2.30. The monoisotopic (exact) mass is 270 g/mol.